The molecule has 0 aliphatic rings. The molecule has 1 aromatic carbocycles. The Morgan fingerprint density at radius 2 is 1.70 bits per heavy atom. The fraction of sp³-hybridized carbons (Fsp3) is 0.143. The van der Waals surface area contributed by atoms with Crippen molar-refractivity contribution in [3.8, 4) is 11.3 Å². The standard InChI is InChI=1S/C14H7Cl3F3NO2/c15-9-4-11(17)10(16)3-8(9)13-6(2-12(22)23)1-7(5-21-13)14(18,19)20/h1,3-5H,2H2,(H,22,23). The van der Waals surface area contributed by atoms with Crippen molar-refractivity contribution in [3.05, 3.63) is 50.6 Å². The highest BCUT2D eigenvalue weighted by molar-refractivity contribution is 6.44. The summed E-state index contributed by atoms with van der Waals surface area (Å²) in [7, 11) is 0. The molecule has 0 radical (unpaired) electrons. The normalized spacial score (nSPS) is 11.6. The summed E-state index contributed by atoms with van der Waals surface area (Å²) in [5.74, 6) is -1.30. The number of hydrogen-bond acceptors (Lipinski definition) is 2. The molecule has 1 heterocycles. The van der Waals surface area contributed by atoms with Crippen molar-refractivity contribution in [1.82, 2.24) is 4.98 Å². The zero-order valence-electron chi connectivity index (χ0n) is 11.1. The lowest BCUT2D eigenvalue weighted by Gasteiger charge is -2.13. The number of carbonyl (C=O) groups is 1. The Morgan fingerprint density at radius 1 is 1.09 bits per heavy atom. The molecule has 2 aromatic rings. The third-order valence-corrected chi connectivity index (χ3v) is 3.94. The van der Waals surface area contributed by atoms with E-state index < -0.39 is 24.1 Å². The van der Waals surface area contributed by atoms with Gasteiger partial charge in [-0.05, 0) is 23.8 Å². The summed E-state index contributed by atoms with van der Waals surface area (Å²) >= 11 is 17.7. The Hall–Kier alpha value is -1.50. The van der Waals surface area contributed by atoms with E-state index in [2.05, 4.69) is 4.98 Å². The third kappa shape index (κ3) is 4.07. The Balaban J connectivity index is 2.66. The molecule has 0 spiro atoms. The van der Waals surface area contributed by atoms with Gasteiger partial charge < -0.3 is 5.11 Å². The third-order valence-electron chi connectivity index (χ3n) is 2.90. The molecule has 23 heavy (non-hydrogen) atoms. The Kier molecular flexibility index (Phi) is 5.08. The number of pyridine rings is 1. The minimum absolute atomic E-state index is 0.00367. The van der Waals surface area contributed by atoms with Gasteiger partial charge >= 0.3 is 12.1 Å². The van der Waals surface area contributed by atoms with Crippen LogP contribution in [0.1, 0.15) is 11.1 Å². The van der Waals surface area contributed by atoms with E-state index in [9.17, 15) is 18.0 Å². The number of aromatic nitrogens is 1. The second kappa shape index (κ2) is 6.55. The first-order valence-electron chi connectivity index (χ1n) is 6.02. The zero-order valence-corrected chi connectivity index (χ0v) is 13.4. The van der Waals surface area contributed by atoms with Crippen LogP contribution in [0.15, 0.2) is 24.4 Å². The van der Waals surface area contributed by atoms with Crippen LogP contribution in [0, 0.1) is 0 Å². The monoisotopic (exact) mass is 383 g/mol. The van der Waals surface area contributed by atoms with Crippen LogP contribution in [0.3, 0.4) is 0 Å². The average Bonchev–Trinajstić information content (AvgIpc) is 2.41. The first-order chi connectivity index (χ1) is 10.6. The van der Waals surface area contributed by atoms with E-state index in [1.54, 1.807) is 0 Å². The number of benzene rings is 1. The Morgan fingerprint density at radius 3 is 2.26 bits per heavy atom. The van der Waals surface area contributed by atoms with Gasteiger partial charge in [0.25, 0.3) is 0 Å². The lowest BCUT2D eigenvalue weighted by molar-refractivity contribution is -0.139. The minimum Gasteiger partial charge on any atom is -0.481 e. The number of halogens is 6. The molecular formula is C14H7Cl3F3NO2. The molecular weight excluding hydrogens is 378 g/mol. The SMILES string of the molecule is O=C(O)Cc1cc(C(F)(F)F)cnc1-c1cc(Cl)c(Cl)cc1Cl. The fourth-order valence-electron chi connectivity index (χ4n) is 1.91. The van der Waals surface area contributed by atoms with Gasteiger partial charge in [-0.15, -0.1) is 0 Å². The van der Waals surface area contributed by atoms with Crippen molar-refractivity contribution in [2.24, 2.45) is 0 Å². The summed E-state index contributed by atoms with van der Waals surface area (Å²) in [6.45, 7) is 0. The smallest absolute Gasteiger partial charge is 0.417 e. The molecule has 0 atom stereocenters. The molecule has 1 N–H and O–H groups in total. The van der Waals surface area contributed by atoms with Crippen molar-refractivity contribution >= 4 is 40.8 Å². The Bertz CT molecular complexity index is 779. The van der Waals surface area contributed by atoms with Crippen molar-refractivity contribution in [1.29, 1.82) is 0 Å². The summed E-state index contributed by atoms with van der Waals surface area (Å²) in [5, 5.41) is 9.29. The molecule has 0 bridgehead atoms. The first-order valence-corrected chi connectivity index (χ1v) is 7.16. The summed E-state index contributed by atoms with van der Waals surface area (Å²) in [4.78, 5) is 14.7. The molecule has 0 amide bonds. The highest BCUT2D eigenvalue weighted by atomic mass is 35.5. The van der Waals surface area contributed by atoms with Gasteiger partial charge in [0.05, 0.1) is 32.7 Å². The second-order valence-electron chi connectivity index (χ2n) is 4.55. The maximum atomic E-state index is 12.8. The fourth-order valence-corrected chi connectivity index (χ4v) is 2.55. The molecule has 3 nitrogen and oxygen atoms in total. The summed E-state index contributed by atoms with van der Waals surface area (Å²) in [5.41, 5.74) is -0.976. The molecule has 0 fully saturated rings. The number of rotatable bonds is 3. The second-order valence-corrected chi connectivity index (χ2v) is 5.77. The quantitative estimate of drug-likeness (QED) is 0.725. The van der Waals surface area contributed by atoms with Gasteiger partial charge in [-0.3, -0.25) is 9.78 Å². The molecule has 0 unspecified atom stereocenters. The van der Waals surface area contributed by atoms with E-state index in [1.165, 1.54) is 12.1 Å². The molecule has 0 saturated carbocycles. The molecule has 2 rings (SSSR count). The van der Waals surface area contributed by atoms with Gasteiger partial charge in [-0.25, -0.2) is 0 Å². The van der Waals surface area contributed by atoms with Crippen molar-refractivity contribution in [3.63, 3.8) is 0 Å². The lowest BCUT2D eigenvalue weighted by atomic mass is 10.0. The number of hydrogen-bond donors (Lipinski definition) is 1. The van der Waals surface area contributed by atoms with Gasteiger partial charge in [0.15, 0.2) is 0 Å². The van der Waals surface area contributed by atoms with E-state index in [0.717, 1.165) is 6.07 Å². The van der Waals surface area contributed by atoms with Gasteiger partial charge in [0.1, 0.15) is 0 Å². The summed E-state index contributed by atoms with van der Waals surface area (Å²) in [6, 6.07) is 3.37. The minimum atomic E-state index is -4.64. The van der Waals surface area contributed by atoms with Crippen molar-refractivity contribution in [2.75, 3.05) is 0 Å². The molecule has 9 heteroatoms. The number of carboxylic acid groups (broad SMARTS) is 1. The number of carboxylic acids is 1. The predicted octanol–water partition coefficient (Wildman–Crippen LogP) is 5.35. The van der Waals surface area contributed by atoms with E-state index >= 15 is 0 Å². The van der Waals surface area contributed by atoms with Crippen LogP contribution in [0.5, 0.6) is 0 Å². The summed E-state index contributed by atoms with van der Waals surface area (Å²) < 4.78 is 38.4. The van der Waals surface area contributed by atoms with Crippen LogP contribution in [0.4, 0.5) is 13.2 Å². The highest BCUT2D eigenvalue weighted by Crippen LogP contribution is 2.37. The van der Waals surface area contributed by atoms with Crippen LogP contribution < -0.4 is 0 Å². The largest absolute Gasteiger partial charge is 0.481 e. The summed E-state index contributed by atoms with van der Waals surface area (Å²) in [6.07, 6.45) is -4.68. The maximum Gasteiger partial charge on any atom is 0.417 e. The molecule has 0 saturated heterocycles. The zero-order chi connectivity index (χ0) is 17.4. The number of aliphatic carboxylic acids is 1. The van der Waals surface area contributed by atoms with E-state index in [1.807, 2.05) is 0 Å². The molecule has 122 valence electrons. The average molecular weight is 385 g/mol. The van der Waals surface area contributed by atoms with Crippen LogP contribution in [-0.4, -0.2) is 16.1 Å². The van der Waals surface area contributed by atoms with Crippen LogP contribution in [0.2, 0.25) is 15.1 Å². The molecule has 0 aliphatic carbocycles. The topological polar surface area (TPSA) is 50.2 Å². The maximum absolute atomic E-state index is 12.8. The highest BCUT2D eigenvalue weighted by Gasteiger charge is 2.32. The van der Waals surface area contributed by atoms with E-state index in [-0.39, 0.29) is 31.9 Å². The number of nitrogens with zero attached hydrogens (tertiary/aromatic N) is 1. The lowest BCUT2D eigenvalue weighted by Crippen LogP contribution is -2.10. The predicted molar refractivity (Wildman–Crippen MR) is 81.0 cm³/mol. The van der Waals surface area contributed by atoms with Crippen molar-refractivity contribution < 1.29 is 23.1 Å². The van der Waals surface area contributed by atoms with Gasteiger partial charge in [-0.2, -0.15) is 13.2 Å². The van der Waals surface area contributed by atoms with Crippen LogP contribution in [-0.2, 0) is 17.4 Å². The van der Waals surface area contributed by atoms with Crippen LogP contribution >= 0.6 is 34.8 Å². The van der Waals surface area contributed by atoms with E-state index in [4.69, 9.17) is 39.9 Å². The van der Waals surface area contributed by atoms with E-state index in [0.29, 0.717) is 6.20 Å². The molecule has 0 aliphatic heterocycles. The van der Waals surface area contributed by atoms with Gasteiger partial charge in [0.2, 0.25) is 0 Å². The first kappa shape index (κ1) is 17.8. The van der Waals surface area contributed by atoms with Gasteiger partial charge in [0, 0.05) is 11.8 Å². The van der Waals surface area contributed by atoms with Gasteiger partial charge in [-0.1, -0.05) is 34.8 Å². The Labute approximate surface area is 143 Å². The number of alkyl halides is 3. The van der Waals surface area contributed by atoms with Crippen molar-refractivity contribution in [2.45, 2.75) is 12.6 Å². The van der Waals surface area contributed by atoms with Crippen LogP contribution in [0.25, 0.3) is 11.3 Å². The molecule has 1 aromatic heterocycles.